The Morgan fingerprint density at radius 1 is 1.31 bits per heavy atom. The van der Waals surface area contributed by atoms with Crippen molar-refractivity contribution < 1.29 is 14.4 Å². The lowest BCUT2D eigenvalue weighted by Crippen LogP contribution is -2.00. The minimum Gasteiger partial charge on any atom is -0.494 e. The maximum Gasteiger partial charge on any atom is 0.275 e. The molecule has 0 spiro atoms. The molecule has 0 aliphatic rings. The lowest BCUT2D eigenvalue weighted by Gasteiger charge is -2.07. The SMILES string of the molecule is CCOCc1cc(OCC)ccc1[N+](=O)[O-]. The summed E-state index contributed by atoms with van der Waals surface area (Å²) in [7, 11) is 0. The zero-order valence-electron chi connectivity index (χ0n) is 9.43. The highest BCUT2D eigenvalue weighted by atomic mass is 16.6. The standard InChI is InChI=1S/C11H15NO4/c1-3-15-8-9-7-10(16-4-2)5-6-11(9)12(13)14/h5-7H,3-4,8H2,1-2H3. The lowest BCUT2D eigenvalue weighted by molar-refractivity contribution is -0.386. The molecule has 0 radical (unpaired) electrons. The van der Waals surface area contributed by atoms with E-state index < -0.39 is 4.92 Å². The molecule has 0 N–H and O–H groups in total. The van der Waals surface area contributed by atoms with Gasteiger partial charge in [-0.05, 0) is 26.0 Å². The third kappa shape index (κ3) is 3.20. The van der Waals surface area contributed by atoms with Gasteiger partial charge in [-0.25, -0.2) is 0 Å². The molecule has 1 aromatic carbocycles. The van der Waals surface area contributed by atoms with Crippen molar-refractivity contribution in [3.05, 3.63) is 33.9 Å². The Hall–Kier alpha value is -1.62. The fraction of sp³-hybridized carbons (Fsp3) is 0.455. The predicted molar refractivity (Wildman–Crippen MR) is 59.6 cm³/mol. The maximum atomic E-state index is 10.8. The first-order valence-corrected chi connectivity index (χ1v) is 5.16. The summed E-state index contributed by atoms with van der Waals surface area (Å²) in [5, 5.41) is 10.8. The topological polar surface area (TPSA) is 61.6 Å². The Bertz CT molecular complexity index is 365. The van der Waals surface area contributed by atoms with Crippen LogP contribution in [0.5, 0.6) is 5.75 Å². The second-order valence-corrected chi connectivity index (χ2v) is 3.12. The minimum atomic E-state index is -0.413. The van der Waals surface area contributed by atoms with Crippen LogP contribution in [-0.4, -0.2) is 18.1 Å². The number of nitro groups is 1. The summed E-state index contributed by atoms with van der Waals surface area (Å²) in [6, 6.07) is 4.69. The molecule has 0 atom stereocenters. The molecule has 0 heterocycles. The maximum absolute atomic E-state index is 10.8. The van der Waals surface area contributed by atoms with Crippen molar-refractivity contribution in [1.82, 2.24) is 0 Å². The lowest BCUT2D eigenvalue weighted by atomic mass is 10.2. The summed E-state index contributed by atoms with van der Waals surface area (Å²) in [6.45, 7) is 5.00. The summed E-state index contributed by atoms with van der Waals surface area (Å²) in [6.07, 6.45) is 0. The van der Waals surface area contributed by atoms with Crippen LogP contribution >= 0.6 is 0 Å². The Labute approximate surface area is 94.1 Å². The van der Waals surface area contributed by atoms with E-state index in [-0.39, 0.29) is 12.3 Å². The average molecular weight is 225 g/mol. The number of hydrogen-bond donors (Lipinski definition) is 0. The number of nitrogens with zero attached hydrogens (tertiary/aromatic N) is 1. The van der Waals surface area contributed by atoms with Gasteiger partial charge in [-0.2, -0.15) is 0 Å². The van der Waals surface area contributed by atoms with E-state index in [1.165, 1.54) is 6.07 Å². The van der Waals surface area contributed by atoms with Gasteiger partial charge in [-0.15, -0.1) is 0 Å². The van der Waals surface area contributed by atoms with Crippen molar-refractivity contribution in [3.8, 4) is 5.75 Å². The molecule has 0 saturated carbocycles. The highest BCUT2D eigenvalue weighted by molar-refractivity contribution is 5.44. The van der Waals surface area contributed by atoms with Crippen LogP contribution in [0.4, 0.5) is 5.69 Å². The molecule has 1 aromatic rings. The second kappa shape index (κ2) is 6.07. The molecule has 16 heavy (non-hydrogen) atoms. The second-order valence-electron chi connectivity index (χ2n) is 3.12. The molecule has 0 unspecified atom stereocenters. The Kier molecular flexibility index (Phi) is 4.72. The van der Waals surface area contributed by atoms with Crippen LogP contribution in [0.15, 0.2) is 18.2 Å². The summed E-state index contributed by atoms with van der Waals surface area (Å²) >= 11 is 0. The first-order valence-electron chi connectivity index (χ1n) is 5.16. The van der Waals surface area contributed by atoms with E-state index in [0.717, 1.165) is 0 Å². The zero-order chi connectivity index (χ0) is 12.0. The van der Waals surface area contributed by atoms with Gasteiger partial charge in [0.1, 0.15) is 5.75 Å². The molecule has 5 heteroatoms. The molecule has 88 valence electrons. The normalized spacial score (nSPS) is 10.1. The highest BCUT2D eigenvalue weighted by Gasteiger charge is 2.14. The largest absolute Gasteiger partial charge is 0.494 e. The quantitative estimate of drug-likeness (QED) is 0.551. The molecule has 0 aliphatic carbocycles. The monoisotopic (exact) mass is 225 g/mol. The predicted octanol–water partition coefficient (Wildman–Crippen LogP) is 2.53. The molecule has 0 bridgehead atoms. The van der Waals surface area contributed by atoms with Crippen LogP contribution in [0, 0.1) is 10.1 Å². The van der Waals surface area contributed by atoms with Crippen molar-refractivity contribution in [1.29, 1.82) is 0 Å². The molecular formula is C11H15NO4. The van der Waals surface area contributed by atoms with Crippen molar-refractivity contribution in [2.45, 2.75) is 20.5 Å². The molecule has 1 rings (SSSR count). The number of rotatable bonds is 6. The van der Waals surface area contributed by atoms with E-state index in [9.17, 15) is 10.1 Å². The van der Waals surface area contributed by atoms with Crippen LogP contribution < -0.4 is 4.74 Å². The third-order valence-electron chi connectivity index (χ3n) is 2.02. The van der Waals surface area contributed by atoms with Crippen LogP contribution in [-0.2, 0) is 11.3 Å². The van der Waals surface area contributed by atoms with Crippen LogP contribution in [0.25, 0.3) is 0 Å². The van der Waals surface area contributed by atoms with Gasteiger partial charge in [-0.3, -0.25) is 10.1 Å². The average Bonchev–Trinajstić information content (AvgIpc) is 2.26. The van der Waals surface area contributed by atoms with Gasteiger partial charge >= 0.3 is 0 Å². The molecule has 5 nitrogen and oxygen atoms in total. The van der Waals surface area contributed by atoms with Crippen molar-refractivity contribution >= 4 is 5.69 Å². The van der Waals surface area contributed by atoms with E-state index in [4.69, 9.17) is 9.47 Å². The smallest absolute Gasteiger partial charge is 0.275 e. The number of benzene rings is 1. The molecule has 0 aromatic heterocycles. The summed E-state index contributed by atoms with van der Waals surface area (Å²) in [5.41, 5.74) is 0.606. The number of ether oxygens (including phenoxy) is 2. The van der Waals surface area contributed by atoms with Crippen LogP contribution in [0.2, 0.25) is 0 Å². The molecule has 0 amide bonds. The first kappa shape index (κ1) is 12.4. The van der Waals surface area contributed by atoms with Crippen LogP contribution in [0.3, 0.4) is 0 Å². The Morgan fingerprint density at radius 3 is 2.62 bits per heavy atom. The summed E-state index contributed by atoms with van der Waals surface area (Å²) in [4.78, 5) is 10.4. The van der Waals surface area contributed by atoms with E-state index in [2.05, 4.69) is 0 Å². The van der Waals surface area contributed by atoms with Crippen molar-refractivity contribution in [3.63, 3.8) is 0 Å². The summed E-state index contributed by atoms with van der Waals surface area (Å²) in [5.74, 6) is 0.628. The molecule has 0 saturated heterocycles. The van der Waals surface area contributed by atoms with Gasteiger partial charge in [0.2, 0.25) is 0 Å². The van der Waals surface area contributed by atoms with Gasteiger partial charge in [-0.1, -0.05) is 0 Å². The zero-order valence-corrected chi connectivity index (χ0v) is 9.43. The number of nitro benzene ring substituents is 1. The van der Waals surface area contributed by atoms with Gasteiger partial charge in [0, 0.05) is 12.7 Å². The Morgan fingerprint density at radius 2 is 2.06 bits per heavy atom. The fourth-order valence-corrected chi connectivity index (χ4v) is 1.32. The van der Waals surface area contributed by atoms with E-state index in [1.807, 2.05) is 13.8 Å². The van der Waals surface area contributed by atoms with Crippen LogP contribution in [0.1, 0.15) is 19.4 Å². The van der Waals surface area contributed by atoms with Crippen molar-refractivity contribution in [2.24, 2.45) is 0 Å². The first-order chi connectivity index (χ1) is 7.69. The van der Waals surface area contributed by atoms with E-state index in [0.29, 0.717) is 24.5 Å². The van der Waals surface area contributed by atoms with Gasteiger partial charge in [0.25, 0.3) is 5.69 Å². The van der Waals surface area contributed by atoms with Gasteiger partial charge in [0.15, 0.2) is 0 Å². The third-order valence-corrected chi connectivity index (χ3v) is 2.02. The molecule has 0 fully saturated rings. The number of hydrogen-bond acceptors (Lipinski definition) is 4. The summed E-state index contributed by atoms with van der Waals surface area (Å²) < 4.78 is 10.5. The van der Waals surface area contributed by atoms with E-state index >= 15 is 0 Å². The Balaban J connectivity index is 2.95. The van der Waals surface area contributed by atoms with Crippen molar-refractivity contribution in [2.75, 3.05) is 13.2 Å². The van der Waals surface area contributed by atoms with Gasteiger partial charge < -0.3 is 9.47 Å². The van der Waals surface area contributed by atoms with Gasteiger partial charge in [0.05, 0.1) is 23.7 Å². The molecular weight excluding hydrogens is 210 g/mol. The molecule has 0 aliphatic heterocycles. The minimum absolute atomic E-state index is 0.0666. The van der Waals surface area contributed by atoms with E-state index in [1.54, 1.807) is 12.1 Å². The highest BCUT2D eigenvalue weighted by Crippen LogP contribution is 2.24. The fourth-order valence-electron chi connectivity index (χ4n) is 1.32.